The van der Waals surface area contributed by atoms with E-state index in [9.17, 15) is 14.9 Å². The first-order valence-corrected chi connectivity index (χ1v) is 6.13. The summed E-state index contributed by atoms with van der Waals surface area (Å²) in [6.45, 7) is 1.47. The second kappa shape index (κ2) is 5.26. The number of nitro groups is 1. The highest BCUT2D eigenvalue weighted by Crippen LogP contribution is 2.35. The van der Waals surface area contributed by atoms with Crippen molar-refractivity contribution < 1.29 is 14.5 Å². The molecule has 0 fully saturated rings. The average molecular weight is 264 g/mol. The lowest BCUT2D eigenvalue weighted by atomic mass is 9.86. The van der Waals surface area contributed by atoms with Crippen LogP contribution in [0.1, 0.15) is 24.5 Å². The van der Waals surface area contributed by atoms with Gasteiger partial charge >= 0.3 is 0 Å². The van der Waals surface area contributed by atoms with Gasteiger partial charge < -0.3 is 10.1 Å². The molecule has 0 radical (unpaired) electrons. The second-order valence-electron chi connectivity index (χ2n) is 4.64. The summed E-state index contributed by atoms with van der Waals surface area (Å²) in [6, 6.07) is 3.12. The zero-order chi connectivity index (χ0) is 14.0. The molecule has 2 rings (SSSR count). The van der Waals surface area contributed by atoms with Gasteiger partial charge in [-0.25, -0.2) is 0 Å². The highest BCUT2D eigenvalue weighted by Gasteiger charge is 2.28. The summed E-state index contributed by atoms with van der Waals surface area (Å²) in [4.78, 5) is 21.8. The maximum Gasteiger partial charge on any atom is 0.273 e. The summed E-state index contributed by atoms with van der Waals surface area (Å²) in [5.74, 6) is 0.563. The third kappa shape index (κ3) is 2.67. The van der Waals surface area contributed by atoms with Crippen LogP contribution in [0, 0.1) is 10.1 Å². The molecule has 1 aromatic rings. The molecule has 0 spiro atoms. The fourth-order valence-electron chi connectivity index (χ4n) is 2.60. The molecule has 0 saturated heterocycles. The molecular weight excluding hydrogens is 248 g/mol. The van der Waals surface area contributed by atoms with Crippen molar-refractivity contribution in [3.05, 3.63) is 33.4 Å². The van der Waals surface area contributed by atoms with Crippen molar-refractivity contribution in [3.8, 4) is 5.75 Å². The number of hydrogen-bond donors (Lipinski definition) is 1. The number of carbonyl (C=O) groups is 1. The van der Waals surface area contributed by atoms with E-state index in [1.165, 1.54) is 13.0 Å². The third-order valence-electron chi connectivity index (χ3n) is 3.38. The Morgan fingerprint density at radius 3 is 2.79 bits per heavy atom. The Morgan fingerprint density at radius 1 is 1.47 bits per heavy atom. The SMILES string of the molecule is COc1ccc([N+](=O)[O-])c2c1C[C@H](NC(C)=O)CC2. The van der Waals surface area contributed by atoms with E-state index < -0.39 is 0 Å². The number of hydrogen-bond acceptors (Lipinski definition) is 4. The number of nitro benzene ring substituents is 1. The number of fused-ring (bicyclic) bond motifs is 1. The van der Waals surface area contributed by atoms with Crippen LogP contribution in [0.3, 0.4) is 0 Å². The van der Waals surface area contributed by atoms with Crippen LogP contribution < -0.4 is 10.1 Å². The van der Waals surface area contributed by atoms with Gasteiger partial charge in [-0.05, 0) is 25.3 Å². The Bertz CT molecular complexity index is 528. The monoisotopic (exact) mass is 264 g/mol. The zero-order valence-electron chi connectivity index (χ0n) is 10.9. The summed E-state index contributed by atoms with van der Waals surface area (Å²) in [5, 5.41) is 13.9. The van der Waals surface area contributed by atoms with E-state index >= 15 is 0 Å². The summed E-state index contributed by atoms with van der Waals surface area (Å²) in [6.07, 6.45) is 1.86. The standard InChI is InChI=1S/C13H16N2O4/c1-8(16)14-9-3-4-10-11(7-9)13(19-2)6-5-12(10)15(17)18/h5-6,9H,3-4,7H2,1-2H3,(H,14,16)/t9-/m1/s1. The van der Waals surface area contributed by atoms with E-state index in [4.69, 9.17) is 4.74 Å². The molecule has 1 amide bonds. The predicted molar refractivity (Wildman–Crippen MR) is 69.3 cm³/mol. The van der Waals surface area contributed by atoms with Crippen LogP contribution in [0.2, 0.25) is 0 Å². The predicted octanol–water partition coefficient (Wildman–Crippen LogP) is 1.60. The number of amides is 1. The molecule has 1 aliphatic carbocycles. The first kappa shape index (κ1) is 13.3. The molecule has 6 nitrogen and oxygen atoms in total. The number of methoxy groups -OCH3 is 1. The Hall–Kier alpha value is -2.11. The zero-order valence-corrected chi connectivity index (χ0v) is 10.9. The van der Waals surface area contributed by atoms with Gasteiger partial charge in [0, 0.05) is 30.2 Å². The Labute approximate surface area is 110 Å². The van der Waals surface area contributed by atoms with E-state index in [1.54, 1.807) is 13.2 Å². The smallest absolute Gasteiger partial charge is 0.273 e. The van der Waals surface area contributed by atoms with E-state index in [2.05, 4.69) is 5.32 Å². The molecule has 1 N–H and O–H groups in total. The normalized spacial score (nSPS) is 17.5. The molecule has 6 heteroatoms. The van der Waals surface area contributed by atoms with Crippen molar-refractivity contribution >= 4 is 11.6 Å². The van der Waals surface area contributed by atoms with Gasteiger partial charge in [-0.2, -0.15) is 0 Å². The molecule has 19 heavy (non-hydrogen) atoms. The number of rotatable bonds is 3. The maximum atomic E-state index is 11.1. The molecule has 0 saturated carbocycles. The quantitative estimate of drug-likeness (QED) is 0.664. The van der Waals surface area contributed by atoms with Gasteiger partial charge in [0.05, 0.1) is 12.0 Å². The first-order valence-electron chi connectivity index (χ1n) is 6.13. The van der Waals surface area contributed by atoms with Gasteiger partial charge in [0.2, 0.25) is 5.91 Å². The fourth-order valence-corrected chi connectivity index (χ4v) is 2.60. The number of nitrogens with one attached hydrogen (secondary N) is 1. The largest absolute Gasteiger partial charge is 0.496 e. The first-order chi connectivity index (χ1) is 9.02. The molecule has 0 aromatic heterocycles. The third-order valence-corrected chi connectivity index (χ3v) is 3.38. The average Bonchev–Trinajstić information content (AvgIpc) is 2.36. The number of benzene rings is 1. The molecule has 0 bridgehead atoms. The highest BCUT2D eigenvalue weighted by molar-refractivity contribution is 5.73. The van der Waals surface area contributed by atoms with Crippen LogP contribution in [0.4, 0.5) is 5.69 Å². The number of nitrogens with zero attached hydrogens (tertiary/aromatic N) is 1. The van der Waals surface area contributed by atoms with Gasteiger partial charge in [-0.1, -0.05) is 0 Å². The Morgan fingerprint density at radius 2 is 2.21 bits per heavy atom. The topological polar surface area (TPSA) is 81.5 Å². The highest BCUT2D eigenvalue weighted by atomic mass is 16.6. The molecule has 0 heterocycles. The van der Waals surface area contributed by atoms with Crippen LogP contribution in [-0.2, 0) is 17.6 Å². The van der Waals surface area contributed by atoms with Crippen LogP contribution in [0.25, 0.3) is 0 Å². The Kier molecular flexibility index (Phi) is 3.69. The lowest BCUT2D eigenvalue weighted by Crippen LogP contribution is -2.37. The Balaban J connectivity index is 2.38. The van der Waals surface area contributed by atoms with Crippen LogP contribution >= 0.6 is 0 Å². The van der Waals surface area contributed by atoms with E-state index in [-0.39, 0.29) is 22.6 Å². The molecule has 102 valence electrons. The summed E-state index contributed by atoms with van der Waals surface area (Å²) >= 11 is 0. The van der Waals surface area contributed by atoms with Crippen LogP contribution in [-0.4, -0.2) is 24.0 Å². The van der Waals surface area contributed by atoms with Crippen molar-refractivity contribution in [1.82, 2.24) is 5.32 Å². The number of carbonyl (C=O) groups excluding carboxylic acids is 1. The summed E-state index contributed by atoms with van der Waals surface area (Å²) in [5.41, 5.74) is 1.70. The van der Waals surface area contributed by atoms with Crippen molar-refractivity contribution in [1.29, 1.82) is 0 Å². The maximum absolute atomic E-state index is 11.1. The number of ether oxygens (including phenoxy) is 1. The van der Waals surface area contributed by atoms with Gasteiger partial charge in [-0.3, -0.25) is 14.9 Å². The fraction of sp³-hybridized carbons (Fsp3) is 0.462. The van der Waals surface area contributed by atoms with Crippen LogP contribution in [0.15, 0.2) is 12.1 Å². The van der Waals surface area contributed by atoms with E-state index in [0.717, 1.165) is 11.1 Å². The van der Waals surface area contributed by atoms with Crippen LogP contribution in [0.5, 0.6) is 5.75 Å². The molecular formula is C13H16N2O4. The molecule has 0 unspecified atom stereocenters. The minimum Gasteiger partial charge on any atom is -0.496 e. The van der Waals surface area contributed by atoms with Crippen molar-refractivity contribution in [2.75, 3.05) is 7.11 Å². The minimum absolute atomic E-state index is 0.0147. The van der Waals surface area contributed by atoms with Crippen molar-refractivity contribution in [3.63, 3.8) is 0 Å². The van der Waals surface area contributed by atoms with Gasteiger partial charge in [0.25, 0.3) is 5.69 Å². The lowest BCUT2D eigenvalue weighted by Gasteiger charge is -2.26. The van der Waals surface area contributed by atoms with Gasteiger partial charge in [0.15, 0.2) is 0 Å². The molecule has 1 aliphatic rings. The molecule has 0 aliphatic heterocycles. The lowest BCUT2D eigenvalue weighted by molar-refractivity contribution is -0.385. The van der Waals surface area contributed by atoms with E-state index in [1.807, 2.05) is 0 Å². The van der Waals surface area contributed by atoms with E-state index in [0.29, 0.717) is 25.0 Å². The van der Waals surface area contributed by atoms with Gasteiger partial charge in [-0.15, -0.1) is 0 Å². The summed E-state index contributed by atoms with van der Waals surface area (Å²) in [7, 11) is 1.55. The summed E-state index contributed by atoms with van der Waals surface area (Å²) < 4.78 is 5.27. The van der Waals surface area contributed by atoms with Crippen molar-refractivity contribution in [2.24, 2.45) is 0 Å². The minimum atomic E-state index is -0.364. The van der Waals surface area contributed by atoms with Gasteiger partial charge in [0.1, 0.15) is 5.75 Å². The molecule has 1 aromatic carbocycles. The second-order valence-corrected chi connectivity index (χ2v) is 4.64. The van der Waals surface area contributed by atoms with Crippen molar-refractivity contribution in [2.45, 2.75) is 32.2 Å². The molecule has 1 atom stereocenters.